The van der Waals surface area contributed by atoms with Crippen LogP contribution in [0.15, 0.2) is 0 Å². The molecule has 0 N–H and O–H groups in total. The van der Waals surface area contributed by atoms with Crippen molar-refractivity contribution in [3.05, 3.63) is 0 Å². The molecule has 0 aliphatic carbocycles. The molecule has 2 unspecified atom stereocenters. The quantitative estimate of drug-likeness (QED) is 0.312. The van der Waals surface area contributed by atoms with Gasteiger partial charge in [-0.15, -0.1) is 0 Å². The Hall–Kier alpha value is 0.0169. The van der Waals surface area contributed by atoms with E-state index in [1.165, 1.54) is 0 Å². The van der Waals surface area contributed by atoms with E-state index in [1.54, 1.807) is 21.3 Å². The van der Waals surface area contributed by atoms with Gasteiger partial charge in [-0.05, 0) is 6.04 Å². The Labute approximate surface area is 93.4 Å². The van der Waals surface area contributed by atoms with Crippen molar-refractivity contribution in [1.82, 2.24) is 0 Å². The lowest BCUT2D eigenvalue weighted by Gasteiger charge is -2.35. The zero-order chi connectivity index (χ0) is 11.3. The second-order valence-corrected chi connectivity index (χ2v) is 4.23. The molecule has 2 atom stereocenters. The van der Waals surface area contributed by atoms with Crippen molar-refractivity contribution in [1.29, 1.82) is 0 Å². The standard InChI is InChI=1S/C9H20O5Si/c1-10-8(6-15)9(11-2,12-3)14-5-7-4-13-7/h7-8H,4-6H2,1-3,15H3. The van der Waals surface area contributed by atoms with Crippen molar-refractivity contribution in [2.24, 2.45) is 0 Å². The van der Waals surface area contributed by atoms with Crippen LogP contribution in [0.2, 0.25) is 6.04 Å². The van der Waals surface area contributed by atoms with Gasteiger partial charge in [0.2, 0.25) is 0 Å². The van der Waals surface area contributed by atoms with Crippen LogP contribution in [0, 0.1) is 0 Å². The van der Waals surface area contributed by atoms with Gasteiger partial charge >= 0.3 is 5.97 Å². The first-order valence-electron chi connectivity index (χ1n) is 5.11. The van der Waals surface area contributed by atoms with Gasteiger partial charge in [0, 0.05) is 31.6 Å². The summed E-state index contributed by atoms with van der Waals surface area (Å²) >= 11 is 0. The molecule has 1 aliphatic rings. The molecule has 0 spiro atoms. The predicted molar refractivity (Wildman–Crippen MR) is 58.0 cm³/mol. The summed E-state index contributed by atoms with van der Waals surface area (Å²) in [7, 11) is 5.74. The molecular weight excluding hydrogens is 216 g/mol. The summed E-state index contributed by atoms with van der Waals surface area (Å²) in [6.07, 6.45) is -0.0146. The van der Waals surface area contributed by atoms with Crippen LogP contribution in [-0.2, 0) is 23.7 Å². The lowest BCUT2D eigenvalue weighted by molar-refractivity contribution is -0.397. The Bertz CT molecular complexity index is 177. The summed E-state index contributed by atoms with van der Waals surface area (Å²) in [5, 5.41) is 0. The average Bonchev–Trinajstić information content (AvgIpc) is 3.08. The third-order valence-corrected chi connectivity index (χ3v) is 3.23. The van der Waals surface area contributed by atoms with Crippen molar-refractivity contribution in [3.63, 3.8) is 0 Å². The lowest BCUT2D eigenvalue weighted by Crippen LogP contribution is -2.50. The normalized spacial score (nSPS) is 23.0. The van der Waals surface area contributed by atoms with Crippen LogP contribution in [0.1, 0.15) is 0 Å². The molecule has 1 aliphatic heterocycles. The Kier molecular flexibility index (Phi) is 5.17. The maximum atomic E-state index is 5.62. The summed E-state index contributed by atoms with van der Waals surface area (Å²) in [4.78, 5) is 0. The monoisotopic (exact) mass is 236 g/mol. The van der Waals surface area contributed by atoms with Gasteiger partial charge in [-0.1, -0.05) is 0 Å². The fourth-order valence-corrected chi connectivity index (χ4v) is 2.32. The van der Waals surface area contributed by atoms with Crippen molar-refractivity contribution >= 4 is 10.2 Å². The van der Waals surface area contributed by atoms with Crippen molar-refractivity contribution in [2.75, 3.05) is 34.5 Å². The van der Waals surface area contributed by atoms with Gasteiger partial charge in [-0.3, -0.25) is 0 Å². The largest absolute Gasteiger partial charge is 0.373 e. The van der Waals surface area contributed by atoms with Crippen LogP contribution in [0.4, 0.5) is 0 Å². The molecule has 0 aromatic rings. The molecule has 1 rings (SSSR count). The van der Waals surface area contributed by atoms with Crippen LogP contribution >= 0.6 is 0 Å². The van der Waals surface area contributed by atoms with Crippen LogP contribution in [-0.4, -0.2) is 63.0 Å². The molecular formula is C9H20O5Si. The summed E-state index contributed by atoms with van der Waals surface area (Å²) in [5.41, 5.74) is 0. The molecule has 5 nitrogen and oxygen atoms in total. The highest BCUT2D eigenvalue weighted by molar-refractivity contribution is 6.08. The summed E-state index contributed by atoms with van der Waals surface area (Å²) in [6.45, 7) is 1.23. The minimum atomic E-state index is -1.09. The Morgan fingerprint density at radius 3 is 2.33 bits per heavy atom. The van der Waals surface area contributed by atoms with Gasteiger partial charge in [0.15, 0.2) is 0 Å². The molecule has 0 radical (unpaired) electrons. The summed E-state index contributed by atoms with van der Waals surface area (Å²) in [6, 6.07) is 0.879. The van der Waals surface area contributed by atoms with E-state index in [4.69, 9.17) is 23.7 Å². The first-order valence-corrected chi connectivity index (χ1v) is 6.52. The maximum Gasteiger partial charge on any atom is 0.310 e. The highest BCUT2D eigenvalue weighted by Gasteiger charge is 2.42. The van der Waals surface area contributed by atoms with Crippen LogP contribution in [0.5, 0.6) is 0 Å². The fourth-order valence-electron chi connectivity index (χ4n) is 1.49. The van der Waals surface area contributed by atoms with Gasteiger partial charge in [-0.25, -0.2) is 0 Å². The third-order valence-electron chi connectivity index (χ3n) is 2.49. The number of hydrogen-bond acceptors (Lipinski definition) is 5. The maximum absolute atomic E-state index is 5.62. The number of epoxide rings is 1. The van der Waals surface area contributed by atoms with E-state index < -0.39 is 5.97 Å². The Morgan fingerprint density at radius 2 is 2.00 bits per heavy atom. The van der Waals surface area contributed by atoms with E-state index in [0.29, 0.717) is 6.61 Å². The van der Waals surface area contributed by atoms with E-state index in [0.717, 1.165) is 22.9 Å². The smallest absolute Gasteiger partial charge is 0.310 e. The van der Waals surface area contributed by atoms with E-state index in [2.05, 4.69) is 0 Å². The highest BCUT2D eigenvalue weighted by atomic mass is 28.1. The van der Waals surface area contributed by atoms with Gasteiger partial charge in [-0.2, -0.15) is 0 Å². The lowest BCUT2D eigenvalue weighted by atomic mass is 10.3. The molecule has 0 amide bonds. The minimum absolute atomic E-state index is 0.182. The summed E-state index contributed by atoms with van der Waals surface area (Å²) < 4.78 is 26.6. The van der Waals surface area contributed by atoms with Crippen LogP contribution < -0.4 is 0 Å². The van der Waals surface area contributed by atoms with Crippen LogP contribution in [0.25, 0.3) is 0 Å². The zero-order valence-electron chi connectivity index (χ0n) is 9.82. The number of methoxy groups -OCH3 is 3. The van der Waals surface area contributed by atoms with E-state index in [-0.39, 0.29) is 12.2 Å². The molecule has 0 aromatic carbocycles. The van der Waals surface area contributed by atoms with Gasteiger partial charge in [0.05, 0.1) is 13.2 Å². The van der Waals surface area contributed by atoms with Crippen molar-refractivity contribution < 1.29 is 23.7 Å². The number of ether oxygens (including phenoxy) is 5. The van der Waals surface area contributed by atoms with Gasteiger partial charge in [0.25, 0.3) is 0 Å². The van der Waals surface area contributed by atoms with Crippen LogP contribution in [0.3, 0.4) is 0 Å². The first-order chi connectivity index (χ1) is 7.22. The molecule has 1 heterocycles. The molecule has 1 fully saturated rings. The summed E-state index contributed by atoms with van der Waals surface area (Å²) in [5.74, 6) is -1.09. The molecule has 15 heavy (non-hydrogen) atoms. The van der Waals surface area contributed by atoms with E-state index >= 15 is 0 Å². The topological polar surface area (TPSA) is 49.5 Å². The van der Waals surface area contributed by atoms with E-state index in [1.807, 2.05) is 0 Å². The Morgan fingerprint density at radius 1 is 1.40 bits per heavy atom. The minimum Gasteiger partial charge on any atom is -0.373 e. The molecule has 0 aromatic heterocycles. The average molecular weight is 236 g/mol. The predicted octanol–water partition coefficient (Wildman–Crippen LogP) is -0.853. The van der Waals surface area contributed by atoms with Crippen molar-refractivity contribution in [2.45, 2.75) is 24.2 Å². The zero-order valence-corrected chi connectivity index (χ0v) is 11.8. The second-order valence-electron chi connectivity index (χ2n) is 3.41. The van der Waals surface area contributed by atoms with Gasteiger partial charge in [0.1, 0.15) is 12.2 Å². The molecule has 90 valence electrons. The second kappa shape index (κ2) is 5.93. The van der Waals surface area contributed by atoms with E-state index in [9.17, 15) is 0 Å². The first kappa shape index (κ1) is 13.1. The number of hydrogen-bond donors (Lipinski definition) is 0. The molecule has 0 bridgehead atoms. The number of rotatable bonds is 8. The fraction of sp³-hybridized carbons (Fsp3) is 1.00. The third kappa shape index (κ3) is 3.23. The Balaban J connectivity index is 2.55. The SMILES string of the molecule is COC(C[SiH3])C(OC)(OC)OCC1CO1. The molecule has 1 saturated heterocycles. The highest BCUT2D eigenvalue weighted by Crippen LogP contribution is 2.25. The van der Waals surface area contributed by atoms with Crippen molar-refractivity contribution in [3.8, 4) is 0 Å². The molecule has 6 heteroatoms. The van der Waals surface area contributed by atoms with Gasteiger partial charge < -0.3 is 23.7 Å². The molecule has 0 saturated carbocycles.